The molecule has 0 radical (unpaired) electrons. The quantitative estimate of drug-likeness (QED) is 0.747. The Hall–Kier alpha value is -1.40. The molecule has 4 nitrogen and oxygen atoms in total. The number of alkyl halides is 2. The molecule has 1 aromatic rings. The molecule has 0 spiro atoms. The number of ether oxygens (including phenoxy) is 1. The second-order valence-corrected chi connectivity index (χ2v) is 5.87. The molecule has 24 heavy (non-hydrogen) atoms. The Labute approximate surface area is 147 Å². The van der Waals surface area contributed by atoms with Crippen LogP contribution >= 0.6 is 12.4 Å². The number of amides is 1. The summed E-state index contributed by atoms with van der Waals surface area (Å²) in [6, 6.07) is 6.41. The minimum atomic E-state index is -2.81. The molecule has 0 aliphatic carbocycles. The number of hydrogen-bond acceptors (Lipinski definition) is 3. The number of piperidine rings is 1. The van der Waals surface area contributed by atoms with Crippen molar-refractivity contribution in [3.05, 3.63) is 29.8 Å². The number of nitrogens with one attached hydrogen (secondary N) is 2. The summed E-state index contributed by atoms with van der Waals surface area (Å²) in [5.41, 5.74) is 0.929. The van der Waals surface area contributed by atoms with E-state index in [0.717, 1.165) is 25.1 Å². The molecule has 1 heterocycles. The van der Waals surface area contributed by atoms with Crippen molar-refractivity contribution in [1.82, 2.24) is 10.6 Å². The van der Waals surface area contributed by atoms with Crippen LogP contribution in [0.15, 0.2) is 24.3 Å². The summed E-state index contributed by atoms with van der Waals surface area (Å²) in [6.45, 7) is 0.0465. The Kier molecular flexibility index (Phi) is 9.64. The van der Waals surface area contributed by atoms with Crippen molar-refractivity contribution in [1.29, 1.82) is 0 Å². The zero-order valence-electron chi connectivity index (χ0n) is 13.6. The number of carbonyl (C=O) groups is 1. The van der Waals surface area contributed by atoms with Crippen molar-refractivity contribution in [2.75, 3.05) is 19.6 Å². The number of hydrogen-bond donors (Lipinski definition) is 2. The van der Waals surface area contributed by atoms with Gasteiger partial charge in [-0.3, -0.25) is 4.79 Å². The zero-order valence-corrected chi connectivity index (χ0v) is 14.4. The van der Waals surface area contributed by atoms with Crippen molar-refractivity contribution < 1.29 is 18.3 Å². The van der Waals surface area contributed by atoms with Crippen LogP contribution in [-0.4, -0.2) is 32.2 Å². The summed E-state index contributed by atoms with van der Waals surface area (Å²) in [6.07, 6.45) is 4.45. The van der Waals surface area contributed by atoms with E-state index >= 15 is 0 Å². The monoisotopic (exact) mass is 362 g/mol. The van der Waals surface area contributed by atoms with Gasteiger partial charge in [0.2, 0.25) is 5.91 Å². The molecule has 1 aromatic carbocycles. The molecule has 136 valence electrons. The van der Waals surface area contributed by atoms with Gasteiger partial charge in [-0.15, -0.1) is 12.4 Å². The van der Waals surface area contributed by atoms with Crippen LogP contribution < -0.4 is 15.4 Å². The SMILES string of the molecule is Cl.O=C(CCc1ccc(OC(F)F)cc1)NCCC1CCCNC1. The second-order valence-electron chi connectivity index (χ2n) is 5.87. The van der Waals surface area contributed by atoms with Gasteiger partial charge in [-0.25, -0.2) is 0 Å². The first-order chi connectivity index (χ1) is 11.1. The number of carbonyl (C=O) groups excluding carboxylic acids is 1. The Balaban J connectivity index is 0.00000288. The maximum absolute atomic E-state index is 12.0. The van der Waals surface area contributed by atoms with Gasteiger partial charge in [-0.1, -0.05) is 12.1 Å². The molecule has 2 N–H and O–H groups in total. The van der Waals surface area contributed by atoms with Crippen molar-refractivity contribution in [3.63, 3.8) is 0 Å². The Morgan fingerprint density at radius 2 is 2.08 bits per heavy atom. The molecule has 1 amide bonds. The number of rotatable bonds is 8. The Morgan fingerprint density at radius 1 is 1.33 bits per heavy atom. The highest BCUT2D eigenvalue weighted by atomic mass is 35.5. The van der Waals surface area contributed by atoms with E-state index in [1.807, 2.05) is 0 Å². The van der Waals surface area contributed by atoms with E-state index in [4.69, 9.17) is 0 Å². The highest BCUT2D eigenvalue weighted by Gasteiger charge is 2.12. The second kappa shape index (κ2) is 11.2. The van der Waals surface area contributed by atoms with Gasteiger partial charge in [0.25, 0.3) is 0 Å². The van der Waals surface area contributed by atoms with Crippen molar-refractivity contribution in [2.24, 2.45) is 5.92 Å². The van der Waals surface area contributed by atoms with Crippen molar-refractivity contribution >= 4 is 18.3 Å². The Bertz CT molecular complexity index is 480. The fourth-order valence-corrected chi connectivity index (χ4v) is 2.77. The van der Waals surface area contributed by atoms with Crippen LogP contribution in [0.1, 0.15) is 31.2 Å². The van der Waals surface area contributed by atoms with Crippen LogP contribution in [0.5, 0.6) is 5.75 Å². The third-order valence-electron chi connectivity index (χ3n) is 4.06. The predicted molar refractivity (Wildman–Crippen MR) is 91.9 cm³/mol. The molecule has 2 rings (SSSR count). The lowest BCUT2D eigenvalue weighted by molar-refractivity contribution is -0.121. The van der Waals surface area contributed by atoms with Crippen LogP contribution in [-0.2, 0) is 11.2 Å². The summed E-state index contributed by atoms with van der Waals surface area (Å²) in [7, 11) is 0. The summed E-state index contributed by atoms with van der Waals surface area (Å²) in [5, 5.41) is 6.31. The molecular weight excluding hydrogens is 338 g/mol. The average Bonchev–Trinajstić information content (AvgIpc) is 2.55. The van der Waals surface area contributed by atoms with E-state index in [2.05, 4.69) is 15.4 Å². The van der Waals surface area contributed by atoms with Crippen LogP contribution in [0.4, 0.5) is 8.78 Å². The van der Waals surface area contributed by atoms with E-state index in [1.165, 1.54) is 25.0 Å². The lowest BCUT2D eigenvalue weighted by Crippen LogP contribution is -2.33. The fraction of sp³-hybridized carbons (Fsp3) is 0.588. The standard InChI is InChI=1S/C17H24F2N2O2.ClH/c18-17(19)23-15-6-3-13(4-7-15)5-8-16(22)21-11-9-14-2-1-10-20-12-14;/h3-4,6-7,14,17,20H,1-2,5,8-12H2,(H,21,22);1H. The van der Waals surface area contributed by atoms with E-state index in [1.54, 1.807) is 12.1 Å². The summed E-state index contributed by atoms with van der Waals surface area (Å²) >= 11 is 0. The van der Waals surface area contributed by atoms with Gasteiger partial charge in [-0.2, -0.15) is 8.78 Å². The minimum absolute atomic E-state index is 0. The first-order valence-corrected chi connectivity index (χ1v) is 8.14. The third-order valence-corrected chi connectivity index (χ3v) is 4.06. The molecule has 1 fully saturated rings. The molecule has 1 aliphatic rings. The van der Waals surface area contributed by atoms with Gasteiger partial charge in [0, 0.05) is 13.0 Å². The Morgan fingerprint density at radius 3 is 2.71 bits per heavy atom. The molecule has 0 saturated carbocycles. The van der Waals surface area contributed by atoms with Gasteiger partial charge in [0.15, 0.2) is 0 Å². The first-order valence-electron chi connectivity index (χ1n) is 8.14. The van der Waals surface area contributed by atoms with E-state index in [9.17, 15) is 13.6 Å². The molecule has 0 bridgehead atoms. The van der Waals surface area contributed by atoms with Crippen molar-refractivity contribution in [2.45, 2.75) is 38.7 Å². The average molecular weight is 363 g/mol. The van der Waals surface area contributed by atoms with Crippen LogP contribution in [0.25, 0.3) is 0 Å². The molecule has 1 unspecified atom stereocenters. The maximum atomic E-state index is 12.0. The largest absolute Gasteiger partial charge is 0.435 e. The molecule has 0 aromatic heterocycles. The highest BCUT2D eigenvalue weighted by Crippen LogP contribution is 2.16. The van der Waals surface area contributed by atoms with Gasteiger partial charge in [0.1, 0.15) is 5.75 Å². The predicted octanol–water partition coefficient (Wildman–Crippen LogP) is 3.15. The van der Waals surface area contributed by atoms with Gasteiger partial charge >= 0.3 is 6.61 Å². The van der Waals surface area contributed by atoms with Crippen molar-refractivity contribution in [3.8, 4) is 5.75 Å². The minimum Gasteiger partial charge on any atom is -0.435 e. The topological polar surface area (TPSA) is 50.4 Å². The molecular formula is C17H25ClF2N2O2. The van der Waals surface area contributed by atoms with E-state index < -0.39 is 6.61 Å². The molecule has 1 aliphatic heterocycles. The van der Waals surface area contributed by atoms with Crippen LogP contribution in [0.2, 0.25) is 0 Å². The highest BCUT2D eigenvalue weighted by molar-refractivity contribution is 5.85. The first kappa shape index (κ1) is 20.6. The van der Waals surface area contributed by atoms with Crippen LogP contribution in [0.3, 0.4) is 0 Å². The lowest BCUT2D eigenvalue weighted by atomic mass is 9.96. The maximum Gasteiger partial charge on any atom is 0.387 e. The van der Waals surface area contributed by atoms with E-state index in [0.29, 0.717) is 25.3 Å². The molecule has 1 saturated heterocycles. The lowest BCUT2D eigenvalue weighted by Gasteiger charge is -2.22. The summed E-state index contributed by atoms with van der Waals surface area (Å²) in [5.74, 6) is 0.822. The van der Waals surface area contributed by atoms with Gasteiger partial charge in [-0.05, 0) is 62.4 Å². The molecule has 1 atom stereocenters. The third kappa shape index (κ3) is 7.93. The van der Waals surface area contributed by atoms with Crippen LogP contribution in [0, 0.1) is 5.92 Å². The number of benzene rings is 1. The zero-order chi connectivity index (χ0) is 16.5. The molecule has 7 heteroatoms. The fourth-order valence-electron chi connectivity index (χ4n) is 2.77. The van der Waals surface area contributed by atoms with Gasteiger partial charge < -0.3 is 15.4 Å². The summed E-state index contributed by atoms with van der Waals surface area (Å²) in [4.78, 5) is 11.8. The number of aryl methyl sites for hydroxylation is 1. The van der Waals surface area contributed by atoms with Gasteiger partial charge in [0.05, 0.1) is 0 Å². The summed E-state index contributed by atoms with van der Waals surface area (Å²) < 4.78 is 28.4. The normalized spacial score (nSPS) is 17.2. The van der Waals surface area contributed by atoms with E-state index in [-0.39, 0.29) is 24.1 Å². The number of halogens is 3. The smallest absolute Gasteiger partial charge is 0.387 e.